The fourth-order valence-corrected chi connectivity index (χ4v) is 5.01. The molecule has 2 unspecified atom stereocenters. The third kappa shape index (κ3) is 2.43. The van der Waals surface area contributed by atoms with Gasteiger partial charge < -0.3 is 5.32 Å². The van der Waals surface area contributed by atoms with Gasteiger partial charge in [-0.15, -0.1) is 0 Å². The van der Waals surface area contributed by atoms with Crippen molar-refractivity contribution in [2.75, 3.05) is 18.1 Å². The number of fused-ring (bicyclic) bond motifs is 1. The van der Waals surface area contributed by atoms with E-state index in [1.165, 1.54) is 11.3 Å². The Bertz CT molecular complexity index is 564. The van der Waals surface area contributed by atoms with E-state index in [-0.39, 0.29) is 11.8 Å². The molecule has 1 N–H and O–H groups in total. The Kier molecular flexibility index (Phi) is 3.39. The van der Waals surface area contributed by atoms with Gasteiger partial charge >= 0.3 is 0 Å². The van der Waals surface area contributed by atoms with Crippen molar-refractivity contribution in [2.24, 2.45) is 0 Å². The van der Waals surface area contributed by atoms with Crippen LogP contribution >= 0.6 is 0 Å². The molecule has 106 valence electrons. The van der Waals surface area contributed by atoms with E-state index in [1.807, 2.05) is 10.9 Å². The molecular formula is C13H21N3O2S. The van der Waals surface area contributed by atoms with E-state index >= 15 is 0 Å². The zero-order chi connectivity index (χ0) is 13.5. The predicted molar refractivity (Wildman–Crippen MR) is 73.9 cm³/mol. The van der Waals surface area contributed by atoms with E-state index in [4.69, 9.17) is 0 Å². The number of aromatic nitrogens is 2. The lowest BCUT2D eigenvalue weighted by Gasteiger charge is -2.24. The Labute approximate surface area is 114 Å². The highest BCUT2D eigenvalue weighted by Gasteiger charge is 2.33. The first kappa shape index (κ1) is 13.1. The molecule has 2 aliphatic rings. The molecule has 2 heterocycles. The van der Waals surface area contributed by atoms with Crippen LogP contribution in [-0.4, -0.2) is 36.2 Å². The topological polar surface area (TPSA) is 64.0 Å². The van der Waals surface area contributed by atoms with Crippen molar-refractivity contribution in [1.29, 1.82) is 0 Å². The Hall–Kier alpha value is -0.880. The molecular weight excluding hydrogens is 262 g/mol. The highest BCUT2D eigenvalue weighted by molar-refractivity contribution is 7.91. The van der Waals surface area contributed by atoms with Crippen LogP contribution in [0.1, 0.15) is 49.5 Å². The minimum Gasteiger partial charge on any atom is -0.310 e. The number of hydrogen-bond donors (Lipinski definition) is 1. The molecule has 19 heavy (non-hydrogen) atoms. The Morgan fingerprint density at radius 3 is 3.00 bits per heavy atom. The maximum absolute atomic E-state index is 11.6. The molecule has 1 aliphatic carbocycles. The molecule has 2 atom stereocenters. The monoisotopic (exact) mass is 283 g/mol. The Morgan fingerprint density at radius 1 is 1.47 bits per heavy atom. The van der Waals surface area contributed by atoms with Crippen LogP contribution in [0.3, 0.4) is 0 Å². The summed E-state index contributed by atoms with van der Waals surface area (Å²) in [4.78, 5) is 0. The molecule has 3 rings (SSSR count). The number of hydrogen-bond acceptors (Lipinski definition) is 4. The van der Waals surface area contributed by atoms with Gasteiger partial charge in [0.1, 0.15) is 0 Å². The van der Waals surface area contributed by atoms with Crippen molar-refractivity contribution in [3.63, 3.8) is 0 Å². The van der Waals surface area contributed by atoms with Crippen molar-refractivity contribution in [3.05, 3.63) is 17.5 Å². The third-order valence-corrected chi connectivity index (χ3v) is 5.97. The highest BCUT2D eigenvalue weighted by Crippen LogP contribution is 2.33. The number of rotatable bonds is 3. The van der Waals surface area contributed by atoms with E-state index in [1.54, 1.807) is 0 Å². The second kappa shape index (κ2) is 4.90. The first-order valence-electron chi connectivity index (χ1n) is 7.11. The van der Waals surface area contributed by atoms with Crippen molar-refractivity contribution < 1.29 is 8.42 Å². The van der Waals surface area contributed by atoms with Gasteiger partial charge in [-0.25, -0.2) is 8.42 Å². The zero-order valence-electron chi connectivity index (χ0n) is 11.3. The van der Waals surface area contributed by atoms with Crippen LogP contribution < -0.4 is 5.32 Å². The SMILES string of the molecule is CCNC1CCCc2c1cnn2C1CCS(=O)(=O)C1. The largest absolute Gasteiger partial charge is 0.310 e. The number of sulfone groups is 1. The van der Waals surface area contributed by atoms with Crippen molar-refractivity contribution in [1.82, 2.24) is 15.1 Å². The fourth-order valence-electron chi connectivity index (χ4n) is 3.32. The quantitative estimate of drug-likeness (QED) is 0.906. The fraction of sp³-hybridized carbons (Fsp3) is 0.769. The molecule has 5 nitrogen and oxygen atoms in total. The normalized spacial score (nSPS) is 29.3. The lowest BCUT2D eigenvalue weighted by atomic mass is 9.92. The summed E-state index contributed by atoms with van der Waals surface area (Å²) in [5, 5.41) is 7.98. The van der Waals surface area contributed by atoms with Crippen LogP contribution in [0.4, 0.5) is 0 Å². The molecule has 6 heteroatoms. The van der Waals surface area contributed by atoms with E-state index in [0.29, 0.717) is 18.2 Å². The average Bonchev–Trinajstić information content (AvgIpc) is 2.93. The summed E-state index contributed by atoms with van der Waals surface area (Å²) in [5.74, 6) is 0.565. The van der Waals surface area contributed by atoms with E-state index < -0.39 is 9.84 Å². The third-order valence-electron chi connectivity index (χ3n) is 4.22. The number of nitrogens with zero attached hydrogens (tertiary/aromatic N) is 2. The summed E-state index contributed by atoms with van der Waals surface area (Å²) < 4.78 is 25.2. The molecule has 0 bridgehead atoms. The van der Waals surface area contributed by atoms with Gasteiger partial charge in [0.2, 0.25) is 0 Å². The number of nitrogens with one attached hydrogen (secondary N) is 1. The Balaban J connectivity index is 1.89. The van der Waals surface area contributed by atoms with E-state index in [2.05, 4.69) is 17.3 Å². The van der Waals surface area contributed by atoms with Crippen LogP contribution in [-0.2, 0) is 16.3 Å². The first-order valence-corrected chi connectivity index (χ1v) is 8.93. The molecule has 0 aromatic carbocycles. The molecule has 1 aliphatic heterocycles. The Morgan fingerprint density at radius 2 is 2.32 bits per heavy atom. The van der Waals surface area contributed by atoms with Gasteiger partial charge in [0, 0.05) is 17.3 Å². The maximum atomic E-state index is 11.6. The summed E-state index contributed by atoms with van der Waals surface area (Å²) in [5.41, 5.74) is 2.52. The minimum absolute atomic E-state index is 0.0501. The van der Waals surface area contributed by atoms with E-state index in [0.717, 1.165) is 25.8 Å². The smallest absolute Gasteiger partial charge is 0.152 e. The van der Waals surface area contributed by atoms with Crippen LogP contribution in [0.2, 0.25) is 0 Å². The minimum atomic E-state index is -2.85. The molecule has 1 aromatic rings. The van der Waals surface area contributed by atoms with Crippen LogP contribution in [0.25, 0.3) is 0 Å². The van der Waals surface area contributed by atoms with Crippen molar-refractivity contribution in [3.8, 4) is 0 Å². The van der Waals surface area contributed by atoms with Gasteiger partial charge in [-0.05, 0) is 32.2 Å². The summed E-state index contributed by atoms with van der Waals surface area (Å²) in [6, 6.07) is 0.439. The average molecular weight is 283 g/mol. The van der Waals surface area contributed by atoms with Crippen LogP contribution in [0, 0.1) is 0 Å². The summed E-state index contributed by atoms with van der Waals surface area (Å²) in [6.07, 6.45) is 5.97. The second-order valence-corrected chi connectivity index (χ2v) is 7.78. The van der Waals surface area contributed by atoms with Crippen molar-refractivity contribution in [2.45, 2.75) is 44.7 Å². The second-order valence-electron chi connectivity index (χ2n) is 5.55. The van der Waals surface area contributed by atoms with Gasteiger partial charge in [0.05, 0.1) is 23.7 Å². The zero-order valence-corrected chi connectivity index (χ0v) is 12.1. The van der Waals surface area contributed by atoms with Gasteiger partial charge in [-0.3, -0.25) is 4.68 Å². The molecule has 0 saturated carbocycles. The lowest BCUT2D eigenvalue weighted by Crippen LogP contribution is -2.26. The highest BCUT2D eigenvalue weighted by atomic mass is 32.2. The standard InChI is InChI=1S/C13H21N3O2S/c1-2-14-12-4-3-5-13-11(12)8-15-16(13)10-6-7-19(17,18)9-10/h8,10,12,14H,2-7,9H2,1H3. The van der Waals surface area contributed by atoms with Crippen LogP contribution in [0.5, 0.6) is 0 Å². The van der Waals surface area contributed by atoms with Gasteiger partial charge in [0.25, 0.3) is 0 Å². The first-order chi connectivity index (χ1) is 9.11. The molecule has 1 fully saturated rings. The van der Waals surface area contributed by atoms with Crippen molar-refractivity contribution >= 4 is 9.84 Å². The maximum Gasteiger partial charge on any atom is 0.152 e. The summed E-state index contributed by atoms with van der Waals surface area (Å²) >= 11 is 0. The summed E-state index contributed by atoms with van der Waals surface area (Å²) in [7, 11) is -2.85. The molecule has 1 saturated heterocycles. The molecule has 1 aromatic heterocycles. The predicted octanol–water partition coefficient (Wildman–Crippen LogP) is 1.23. The lowest BCUT2D eigenvalue weighted by molar-refractivity contribution is 0.434. The molecule has 0 spiro atoms. The summed E-state index contributed by atoms with van der Waals surface area (Å²) in [6.45, 7) is 3.06. The van der Waals surface area contributed by atoms with Gasteiger partial charge in [-0.1, -0.05) is 6.92 Å². The molecule has 0 amide bonds. The molecule has 0 radical (unpaired) electrons. The van der Waals surface area contributed by atoms with Crippen LogP contribution in [0.15, 0.2) is 6.20 Å². The van der Waals surface area contributed by atoms with Gasteiger partial charge in [-0.2, -0.15) is 5.10 Å². The van der Waals surface area contributed by atoms with E-state index in [9.17, 15) is 8.42 Å². The van der Waals surface area contributed by atoms with Gasteiger partial charge in [0.15, 0.2) is 9.84 Å².